The van der Waals surface area contributed by atoms with Crippen LogP contribution in [0.3, 0.4) is 0 Å². The van der Waals surface area contributed by atoms with Crippen LogP contribution >= 0.6 is 0 Å². The largest absolute Gasteiger partial charge is 0.342 e. The summed E-state index contributed by atoms with van der Waals surface area (Å²) in [5.41, 5.74) is 0.398. The van der Waals surface area contributed by atoms with Crippen molar-refractivity contribution in [1.29, 1.82) is 0 Å². The zero-order valence-corrected chi connectivity index (χ0v) is 13.1. The summed E-state index contributed by atoms with van der Waals surface area (Å²) < 4.78 is 0. The van der Waals surface area contributed by atoms with E-state index >= 15 is 0 Å². The van der Waals surface area contributed by atoms with Gasteiger partial charge in [0, 0.05) is 6.54 Å². The van der Waals surface area contributed by atoms with Crippen LogP contribution < -0.4 is 5.32 Å². The van der Waals surface area contributed by atoms with Crippen molar-refractivity contribution in [3.05, 3.63) is 35.9 Å². The van der Waals surface area contributed by atoms with Crippen LogP contribution in [0.15, 0.2) is 30.3 Å². The molecule has 4 heteroatoms. The van der Waals surface area contributed by atoms with Crippen LogP contribution in [0.2, 0.25) is 0 Å². The maximum Gasteiger partial charge on any atom is 0.246 e. The highest BCUT2D eigenvalue weighted by Gasteiger charge is 2.45. The molecule has 0 bridgehead atoms. The van der Waals surface area contributed by atoms with Gasteiger partial charge in [0.1, 0.15) is 11.6 Å². The molecule has 114 valence electrons. The first-order valence-electron chi connectivity index (χ1n) is 7.63. The van der Waals surface area contributed by atoms with E-state index in [1.54, 1.807) is 4.90 Å². The Hall–Kier alpha value is -1.84. The molecule has 1 heterocycles. The smallest absolute Gasteiger partial charge is 0.246 e. The molecular weight excluding hydrogens is 264 g/mol. The lowest BCUT2D eigenvalue weighted by molar-refractivity contribution is -0.155. The first-order valence-corrected chi connectivity index (χ1v) is 7.63. The Morgan fingerprint density at radius 3 is 2.48 bits per heavy atom. The SMILES string of the molecule is CCCC1NC(=O)C(C)(C)N(CCc2ccccc2)C1=O. The van der Waals surface area contributed by atoms with Gasteiger partial charge in [-0.2, -0.15) is 0 Å². The van der Waals surface area contributed by atoms with E-state index in [0.717, 1.165) is 12.8 Å². The summed E-state index contributed by atoms with van der Waals surface area (Å²) in [5.74, 6) is -0.0222. The van der Waals surface area contributed by atoms with E-state index in [-0.39, 0.29) is 17.9 Å². The number of hydrogen-bond acceptors (Lipinski definition) is 2. The third kappa shape index (κ3) is 3.26. The molecule has 1 atom stereocenters. The molecule has 2 amide bonds. The third-order valence-corrected chi connectivity index (χ3v) is 4.14. The summed E-state index contributed by atoms with van der Waals surface area (Å²) in [6.07, 6.45) is 2.34. The summed E-state index contributed by atoms with van der Waals surface area (Å²) in [5, 5.41) is 2.86. The molecule has 1 aromatic carbocycles. The summed E-state index contributed by atoms with van der Waals surface area (Å²) in [7, 11) is 0. The van der Waals surface area contributed by atoms with Gasteiger partial charge < -0.3 is 10.2 Å². The van der Waals surface area contributed by atoms with Crippen molar-refractivity contribution in [3.8, 4) is 0 Å². The standard InChI is InChI=1S/C17H24N2O2/c1-4-8-14-15(20)19(17(2,3)16(21)18-14)12-11-13-9-6-5-7-10-13/h5-7,9-10,14H,4,8,11-12H2,1-3H3,(H,18,21). The lowest BCUT2D eigenvalue weighted by Gasteiger charge is -2.44. The Bertz CT molecular complexity index is 511. The Morgan fingerprint density at radius 2 is 1.86 bits per heavy atom. The highest BCUT2D eigenvalue weighted by Crippen LogP contribution is 2.23. The van der Waals surface area contributed by atoms with Gasteiger partial charge in [0.25, 0.3) is 0 Å². The second kappa shape index (κ2) is 6.29. The number of benzene rings is 1. The molecule has 0 radical (unpaired) electrons. The zero-order chi connectivity index (χ0) is 15.5. The minimum Gasteiger partial charge on any atom is -0.342 e. The first kappa shape index (κ1) is 15.5. The summed E-state index contributed by atoms with van der Waals surface area (Å²) >= 11 is 0. The molecule has 1 saturated heterocycles. The highest BCUT2D eigenvalue weighted by molar-refractivity contribution is 5.99. The van der Waals surface area contributed by atoms with Crippen LogP contribution in [0.4, 0.5) is 0 Å². The Balaban J connectivity index is 2.12. The molecule has 1 N–H and O–H groups in total. The van der Waals surface area contributed by atoms with Gasteiger partial charge >= 0.3 is 0 Å². The van der Waals surface area contributed by atoms with Crippen LogP contribution in [0, 0.1) is 0 Å². The van der Waals surface area contributed by atoms with E-state index < -0.39 is 5.54 Å². The van der Waals surface area contributed by atoms with Crippen LogP contribution in [0.5, 0.6) is 0 Å². The number of nitrogens with zero attached hydrogens (tertiary/aromatic N) is 1. The average molecular weight is 288 g/mol. The van der Waals surface area contributed by atoms with Crippen LogP contribution in [-0.2, 0) is 16.0 Å². The second-order valence-electron chi connectivity index (χ2n) is 6.10. The van der Waals surface area contributed by atoms with Crippen LogP contribution in [-0.4, -0.2) is 34.8 Å². The molecule has 1 fully saturated rings. The minimum absolute atomic E-state index is 0.0392. The van der Waals surface area contributed by atoms with Gasteiger partial charge in [-0.1, -0.05) is 43.7 Å². The van der Waals surface area contributed by atoms with Gasteiger partial charge in [-0.3, -0.25) is 9.59 Å². The van der Waals surface area contributed by atoms with E-state index in [1.807, 2.05) is 51.1 Å². The fourth-order valence-electron chi connectivity index (χ4n) is 2.74. The fraction of sp³-hybridized carbons (Fsp3) is 0.529. The summed E-state index contributed by atoms with van der Waals surface area (Å²) in [4.78, 5) is 26.6. The molecule has 0 aromatic heterocycles. The Morgan fingerprint density at radius 1 is 1.19 bits per heavy atom. The zero-order valence-electron chi connectivity index (χ0n) is 13.1. The summed E-state index contributed by atoms with van der Waals surface area (Å²) in [6, 6.07) is 9.68. The van der Waals surface area contributed by atoms with Gasteiger partial charge in [-0.25, -0.2) is 0 Å². The number of rotatable bonds is 5. The second-order valence-corrected chi connectivity index (χ2v) is 6.10. The quantitative estimate of drug-likeness (QED) is 0.902. The lowest BCUT2D eigenvalue weighted by Crippen LogP contribution is -2.68. The van der Waals surface area contributed by atoms with Crippen LogP contribution in [0.1, 0.15) is 39.2 Å². The Kier molecular flexibility index (Phi) is 4.66. The third-order valence-electron chi connectivity index (χ3n) is 4.14. The molecule has 1 aliphatic rings. The maximum atomic E-state index is 12.6. The van der Waals surface area contributed by atoms with Gasteiger partial charge in [-0.15, -0.1) is 0 Å². The minimum atomic E-state index is -0.782. The number of nitrogens with one attached hydrogen (secondary N) is 1. The maximum absolute atomic E-state index is 12.6. The number of piperazine rings is 1. The highest BCUT2D eigenvalue weighted by atomic mass is 16.2. The molecule has 21 heavy (non-hydrogen) atoms. The molecule has 1 aromatic rings. The number of amides is 2. The van der Waals surface area contributed by atoms with Crippen molar-refractivity contribution in [2.75, 3.05) is 6.54 Å². The molecule has 0 spiro atoms. The van der Waals surface area contributed by atoms with Crippen LogP contribution in [0.25, 0.3) is 0 Å². The molecular formula is C17H24N2O2. The molecule has 2 rings (SSSR count). The molecule has 0 aliphatic carbocycles. The van der Waals surface area contributed by atoms with Crippen molar-refractivity contribution in [1.82, 2.24) is 10.2 Å². The van der Waals surface area contributed by atoms with Crippen molar-refractivity contribution >= 4 is 11.8 Å². The van der Waals surface area contributed by atoms with E-state index in [1.165, 1.54) is 5.56 Å². The van der Waals surface area contributed by atoms with E-state index in [4.69, 9.17) is 0 Å². The monoisotopic (exact) mass is 288 g/mol. The van der Waals surface area contributed by atoms with Crippen molar-refractivity contribution in [2.24, 2.45) is 0 Å². The van der Waals surface area contributed by atoms with Gasteiger partial charge in [0.15, 0.2) is 0 Å². The van der Waals surface area contributed by atoms with Gasteiger partial charge in [0.2, 0.25) is 11.8 Å². The number of hydrogen-bond donors (Lipinski definition) is 1. The predicted molar refractivity (Wildman–Crippen MR) is 82.8 cm³/mol. The van der Waals surface area contributed by atoms with E-state index in [2.05, 4.69) is 5.32 Å². The van der Waals surface area contributed by atoms with Gasteiger partial charge in [0.05, 0.1) is 0 Å². The average Bonchev–Trinajstić information content (AvgIpc) is 2.46. The molecule has 0 saturated carbocycles. The molecule has 1 unspecified atom stereocenters. The normalized spacial score (nSPS) is 21.3. The fourth-order valence-corrected chi connectivity index (χ4v) is 2.74. The lowest BCUT2D eigenvalue weighted by atomic mass is 9.93. The van der Waals surface area contributed by atoms with Crippen molar-refractivity contribution in [3.63, 3.8) is 0 Å². The number of carbonyl (C=O) groups is 2. The van der Waals surface area contributed by atoms with E-state index in [0.29, 0.717) is 13.0 Å². The molecule has 4 nitrogen and oxygen atoms in total. The first-order chi connectivity index (χ1) is 9.96. The van der Waals surface area contributed by atoms with E-state index in [9.17, 15) is 9.59 Å². The predicted octanol–water partition coefficient (Wildman–Crippen LogP) is 2.13. The van der Waals surface area contributed by atoms with Crippen molar-refractivity contribution in [2.45, 2.75) is 51.6 Å². The van der Waals surface area contributed by atoms with Crippen molar-refractivity contribution < 1.29 is 9.59 Å². The summed E-state index contributed by atoms with van der Waals surface area (Å²) in [6.45, 7) is 6.22. The number of carbonyl (C=O) groups excluding carboxylic acids is 2. The Labute approximate surface area is 126 Å². The topological polar surface area (TPSA) is 49.4 Å². The van der Waals surface area contributed by atoms with Gasteiger partial charge in [-0.05, 0) is 32.3 Å². The molecule has 1 aliphatic heterocycles.